The van der Waals surface area contributed by atoms with E-state index in [9.17, 15) is 0 Å². The number of fused-ring (bicyclic) bond motifs is 1. The molecule has 0 aliphatic carbocycles. The number of hydrogen-bond donors (Lipinski definition) is 1. The third-order valence-electron chi connectivity index (χ3n) is 3.15. The predicted molar refractivity (Wildman–Crippen MR) is 86.1 cm³/mol. The number of para-hydroxylation sites is 1. The Kier molecular flexibility index (Phi) is 3.59. The molecule has 0 radical (unpaired) electrons. The lowest BCUT2D eigenvalue weighted by molar-refractivity contribution is 0.781. The van der Waals surface area contributed by atoms with E-state index in [-0.39, 0.29) is 0 Å². The van der Waals surface area contributed by atoms with Crippen molar-refractivity contribution in [2.75, 3.05) is 5.73 Å². The van der Waals surface area contributed by atoms with Gasteiger partial charge in [0.25, 0.3) is 0 Å². The van der Waals surface area contributed by atoms with Gasteiger partial charge in [-0.05, 0) is 24.3 Å². The maximum Gasteiger partial charge on any atom is 0.0805 e. The summed E-state index contributed by atoms with van der Waals surface area (Å²) in [5.41, 5.74) is 8.73. The Labute approximate surface area is 126 Å². The molecule has 3 nitrogen and oxygen atoms in total. The lowest BCUT2D eigenvalue weighted by Gasteiger charge is -2.04. The molecule has 0 spiro atoms. The van der Waals surface area contributed by atoms with Gasteiger partial charge < -0.3 is 5.73 Å². The molecule has 20 heavy (non-hydrogen) atoms. The first kappa shape index (κ1) is 13.3. The number of anilines is 1. The average Bonchev–Trinajstić information content (AvgIpc) is 2.77. The fraction of sp³-hybridized carbons (Fsp3) is 0.133. The molecule has 0 aliphatic rings. The van der Waals surface area contributed by atoms with Crippen LogP contribution >= 0.6 is 23.4 Å². The first-order valence-electron chi connectivity index (χ1n) is 6.23. The van der Waals surface area contributed by atoms with Crippen molar-refractivity contribution in [3.63, 3.8) is 0 Å². The molecule has 1 heterocycles. The number of aryl methyl sites for hydroxylation is 1. The van der Waals surface area contributed by atoms with Crippen LogP contribution in [0.15, 0.2) is 47.4 Å². The van der Waals surface area contributed by atoms with Gasteiger partial charge in [0.2, 0.25) is 0 Å². The number of nitrogens with zero attached hydrogens (tertiary/aromatic N) is 2. The summed E-state index contributed by atoms with van der Waals surface area (Å²) in [7, 11) is 1.96. The van der Waals surface area contributed by atoms with E-state index in [0.717, 1.165) is 32.6 Å². The number of hydrogen-bond acceptors (Lipinski definition) is 3. The zero-order chi connectivity index (χ0) is 14.1. The molecule has 0 fully saturated rings. The van der Waals surface area contributed by atoms with E-state index >= 15 is 0 Å². The van der Waals surface area contributed by atoms with Crippen LogP contribution in [0.1, 0.15) is 5.69 Å². The van der Waals surface area contributed by atoms with Crippen molar-refractivity contribution < 1.29 is 0 Å². The quantitative estimate of drug-likeness (QED) is 0.585. The highest BCUT2D eigenvalue weighted by molar-refractivity contribution is 7.98. The van der Waals surface area contributed by atoms with E-state index in [4.69, 9.17) is 17.3 Å². The Hall–Kier alpha value is -1.65. The Bertz CT molecular complexity index is 767. The normalized spacial score (nSPS) is 11.1. The van der Waals surface area contributed by atoms with Gasteiger partial charge in [0.1, 0.15) is 0 Å². The number of aromatic nitrogens is 2. The van der Waals surface area contributed by atoms with Crippen molar-refractivity contribution in [2.45, 2.75) is 10.6 Å². The second-order valence-corrected chi connectivity index (χ2v) is 5.99. The molecule has 2 N–H and O–H groups in total. The van der Waals surface area contributed by atoms with E-state index < -0.39 is 0 Å². The summed E-state index contributed by atoms with van der Waals surface area (Å²) in [6, 6.07) is 13.8. The summed E-state index contributed by atoms with van der Waals surface area (Å²) in [6.45, 7) is 0. The Balaban J connectivity index is 1.89. The molecule has 0 aliphatic heterocycles. The third kappa shape index (κ3) is 2.49. The molecule has 5 heteroatoms. The van der Waals surface area contributed by atoms with Crippen LogP contribution in [0.5, 0.6) is 0 Å². The van der Waals surface area contributed by atoms with E-state index in [1.807, 2.05) is 42.1 Å². The Morgan fingerprint density at radius 2 is 2.05 bits per heavy atom. The second-order valence-electron chi connectivity index (χ2n) is 4.57. The molecular weight excluding hydrogens is 290 g/mol. The van der Waals surface area contributed by atoms with Gasteiger partial charge in [-0.15, -0.1) is 11.8 Å². The standard InChI is InChI=1S/C15H14ClN3S/c1-19-14-5-3-2-4-11(14)13(18-19)9-20-15-8-10(17)6-7-12(15)16/h2-8H,9,17H2,1H3. The van der Waals surface area contributed by atoms with Gasteiger partial charge in [0, 0.05) is 28.8 Å². The molecule has 0 atom stereocenters. The van der Waals surface area contributed by atoms with Gasteiger partial charge >= 0.3 is 0 Å². The number of nitrogens with two attached hydrogens (primary N) is 1. The first-order valence-corrected chi connectivity index (χ1v) is 7.60. The van der Waals surface area contributed by atoms with Gasteiger partial charge in [-0.3, -0.25) is 4.68 Å². The molecular formula is C15H14ClN3S. The third-order valence-corrected chi connectivity index (χ3v) is 4.66. The molecule has 102 valence electrons. The van der Waals surface area contributed by atoms with Crippen LogP contribution in [0, 0.1) is 0 Å². The van der Waals surface area contributed by atoms with Gasteiger partial charge in [-0.25, -0.2) is 0 Å². The topological polar surface area (TPSA) is 43.8 Å². The van der Waals surface area contributed by atoms with Gasteiger partial charge in [0.15, 0.2) is 0 Å². The zero-order valence-electron chi connectivity index (χ0n) is 11.0. The van der Waals surface area contributed by atoms with Crippen molar-refractivity contribution in [1.29, 1.82) is 0 Å². The summed E-state index contributed by atoms with van der Waals surface area (Å²) in [5, 5.41) is 6.49. The molecule has 0 saturated carbocycles. The lowest BCUT2D eigenvalue weighted by atomic mass is 10.2. The minimum atomic E-state index is 0.725. The van der Waals surface area contributed by atoms with Crippen molar-refractivity contribution >= 4 is 40.0 Å². The predicted octanol–water partition coefficient (Wildman–Crippen LogP) is 4.10. The van der Waals surface area contributed by atoms with Crippen LogP contribution < -0.4 is 5.73 Å². The smallest absolute Gasteiger partial charge is 0.0805 e. The molecule has 0 bridgehead atoms. The molecule has 0 saturated heterocycles. The highest BCUT2D eigenvalue weighted by atomic mass is 35.5. The average molecular weight is 304 g/mol. The molecule has 3 rings (SSSR count). The summed E-state index contributed by atoms with van der Waals surface area (Å²) in [6.07, 6.45) is 0. The Morgan fingerprint density at radius 3 is 2.90 bits per heavy atom. The minimum Gasteiger partial charge on any atom is -0.399 e. The van der Waals surface area contributed by atoms with Crippen LogP contribution in [0.2, 0.25) is 5.02 Å². The van der Waals surface area contributed by atoms with Gasteiger partial charge in [-0.1, -0.05) is 29.8 Å². The molecule has 0 amide bonds. The maximum atomic E-state index is 6.18. The largest absolute Gasteiger partial charge is 0.399 e. The highest BCUT2D eigenvalue weighted by Crippen LogP contribution is 2.32. The van der Waals surface area contributed by atoms with Crippen molar-refractivity contribution in [1.82, 2.24) is 9.78 Å². The number of rotatable bonds is 3. The number of nitrogen functional groups attached to an aromatic ring is 1. The molecule has 2 aromatic carbocycles. The molecule has 3 aromatic rings. The summed E-state index contributed by atoms with van der Waals surface area (Å²) >= 11 is 7.84. The molecule has 1 aromatic heterocycles. The van der Waals surface area contributed by atoms with Crippen molar-refractivity contribution in [3.8, 4) is 0 Å². The molecule has 0 unspecified atom stereocenters. The van der Waals surface area contributed by atoms with Gasteiger partial charge in [0.05, 0.1) is 16.2 Å². The van der Waals surface area contributed by atoms with Crippen LogP contribution in [0.3, 0.4) is 0 Å². The lowest BCUT2D eigenvalue weighted by Crippen LogP contribution is -1.91. The summed E-state index contributed by atoms with van der Waals surface area (Å²) in [5.74, 6) is 0.768. The summed E-state index contributed by atoms with van der Waals surface area (Å²) in [4.78, 5) is 0.987. The van der Waals surface area contributed by atoms with Crippen LogP contribution in [0.25, 0.3) is 10.9 Å². The monoisotopic (exact) mass is 303 g/mol. The zero-order valence-corrected chi connectivity index (χ0v) is 12.6. The van der Waals surface area contributed by atoms with E-state index in [0.29, 0.717) is 0 Å². The highest BCUT2D eigenvalue weighted by Gasteiger charge is 2.09. The summed E-state index contributed by atoms with van der Waals surface area (Å²) < 4.78 is 1.91. The van der Waals surface area contributed by atoms with Gasteiger partial charge in [-0.2, -0.15) is 5.10 Å². The number of benzene rings is 2. The van der Waals surface area contributed by atoms with E-state index in [1.54, 1.807) is 11.8 Å². The fourth-order valence-electron chi connectivity index (χ4n) is 2.17. The number of thioether (sulfide) groups is 1. The van der Waals surface area contributed by atoms with Crippen LogP contribution in [0.4, 0.5) is 5.69 Å². The van der Waals surface area contributed by atoms with E-state index in [2.05, 4.69) is 17.2 Å². The van der Waals surface area contributed by atoms with Crippen molar-refractivity contribution in [2.24, 2.45) is 7.05 Å². The van der Waals surface area contributed by atoms with Crippen LogP contribution in [-0.2, 0) is 12.8 Å². The first-order chi connectivity index (χ1) is 9.65. The number of halogens is 1. The minimum absolute atomic E-state index is 0.725. The maximum absolute atomic E-state index is 6.18. The fourth-order valence-corrected chi connectivity index (χ4v) is 3.38. The van der Waals surface area contributed by atoms with Crippen LogP contribution in [-0.4, -0.2) is 9.78 Å². The Morgan fingerprint density at radius 1 is 1.25 bits per heavy atom. The van der Waals surface area contributed by atoms with E-state index in [1.165, 1.54) is 5.39 Å². The second kappa shape index (κ2) is 5.38. The van der Waals surface area contributed by atoms with Crippen molar-refractivity contribution in [3.05, 3.63) is 53.2 Å². The SMILES string of the molecule is Cn1nc(CSc2cc(N)ccc2Cl)c2ccccc21.